The monoisotopic (exact) mass is 425 g/mol. The maximum absolute atomic E-state index is 12.1. The van der Waals surface area contributed by atoms with E-state index in [-0.39, 0.29) is 14.6 Å². The summed E-state index contributed by atoms with van der Waals surface area (Å²) in [6, 6.07) is 0. The number of nitrogens with zero attached hydrogens (tertiary/aromatic N) is 1. The smallest absolute Gasteiger partial charge is 0.477 e. The Bertz CT molecular complexity index is 452. The second-order valence-corrected chi connectivity index (χ2v) is 4.47. The first-order valence-corrected chi connectivity index (χ1v) is 6.18. The SMILES string of the molecule is O=C(O)c1c(CBr)ncc(I)c1OC(F)(F)F. The molecule has 0 amide bonds. The van der Waals surface area contributed by atoms with Crippen LogP contribution >= 0.6 is 38.5 Å². The molecule has 0 aliphatic heterocycles. The van der Waals surface area contributed by atoms with Crippen molar-refractivity contribution in [2.24, 2.45) is 0 Å². The molecule has 0 saturated heterocycles. The molecular weight excluding hydrogens is 422 g/mol. The summed E-state index contributed by atoms with van der Waals surface area (Å²) in [5.41, 5.74) is -0.622. The number of rotatable bonds is 3. The van der Waals surface area contributed by atoms with E-state index in [1.54, 1.807) is 0 Å². The second-order valence-electron chi connectivity index (χ2n) is 2.74. The van der Waals surface area contributed by atoms with E-state index < -0.39 is 23.6 Å². The predicted octanol–water partition coefficient (Wildman–Crippen LogP) is 3.18. The topological polar surface area (TPSA) is 59.4 Å². The highest BCUT2D eigenvalue weighted by Crippen LogP contribution is 2.32. The van der Waals surface area contributed by atoms with E-state index in [0.717, 1.165) is 6.20 Å². The van der Waals surface area contributed by atoms with Crippen molar-refractivity contribution < 1.29 is 27.8 Å². The van der Waals surface area contributed by atoms with Crippen LogP contribution in [0.25, 0.3) is 0 Å². The number of aromatic nitrogens is 1. The van der Waals surface area contributed by atoms with E-state index in [1.807, 2.05) is 0 Å². The minimum atomic E-state index is -4.95. The Morgan fingerprint density at radius 1 is 1.59 bits per heavy atom. The Kier molecular flexibility index (Phi) is 4.58. The molecule has 0 radical (unpaired) electrons. The van der Waals surface area contributed by atoms with Crippen LogP contribution in [0.5, 0.6) is 5.75 Å². The largest absolute Gasteiger partial charge is 0.573 e. The number of carboxylic acids is 1. The first-order chi connectivity index (χ1) is 7.76. The van der Waals surface area contributed by atoms with Crippen molar-refractivity contribution in [2.75, 3.05) is 0 Å². The third-order valence-electron chi connectivity index (χ3n) is 1.62. The Hall–Kier alpha value is -0.580. The number of ether oxygens (including phenoxy) is 1. The van der Waals surface area contributed by atoms with E-state index in [4.69, 9.17) is 5.11 Å². The molecule has 0 fully saturated rings. The summed E-state index contributed by atoms with van der Waals surface area (Å²) in [6.45, 7) is 0. The van der Waals surface area contributed by atoms with E-state index in [9.17, 15) is 18.0 Å². The molecule has 0 unspecified atom stereocenters. The number of halogens is 5. The maximum atomic E-state index is 12.1. The highest BCUT2D eigenvalue weighted by atomic mass is 127. The average Bonchev–Trinajstić information content (AvgIpc) is 2.18. The van der Waals surface area contributed by atoms with Crippen LogP contribution in [-0.4, -0.2) is 22.4 Å². The van der Waals surface area contributed by atoms with Gasteiger partial charge in [-0.15, -0.1) is 13.2 Å². The van der Waals surface area contributed by atoms with Gasteiger partial charge in [-0.2, -0.15) is 0 Å². The van der Waals surface area contributed by atoms with Gasteiger partial charge in [0.1, 0.15) is 5.56 Å². The van der Waals surface area contributed by atoms with Gasteiger partial charge in [0.15, 0.2) is 5.75 Å². The Balaban J connectivity index is 3.39. The number of hydrogen-bond donors (Lipinski definition) is 1. The van der Waals surface area contributed by atoms with Crippen LogP contribution in [-0.2, 0) is 5.33 Å². The number of carbonyl (C=O) groups is 1. The maximum Gasteiger partial charge on any atom is 0.573 e. The molecule has 1 aromatic rings. The molecule has 0 atom stereocenters. The Labute approximate surface area is 115 Å². The van der Waals surface area contributed by atoms with Gasteiger partial charge in [0.2, 0.25) is 0 Å². The van der Waals surface area contributed by atoms with Crippen molar-refractivity contribution in [2.45, 2.75) is 11.7 Å². The van der Waals surface area contributed by atoms with E-state index in [2.05, 4.69) is 25.7 Å². The summed E-state index contributed by atoms with van der Waals surface area (Å²) < 4.78 is 40.1. The van der Waals surface area contributed by atoms with Crippen molar-refractivity contribution in [3.8, 4) is 5.75 Å². The molecule has 1 rings (SSSR count). The lowest BCUT2D eigenvalue weighted by Gasteiger charge is -2.14. The first-order valence-electron chi connectivity index (χ1n) is 3.98. The fourth-order valence-corrected chi connectivity index (χ4v) is 1.99. The summed E-state index contributed by atoms with van der Waals surface area (Å²) >= 11 is 4.48. The summed E-state index contributed by atoms with van der Waals surface area (Å²) in [7, 11) is 0. The van der Waals surface area contributed by atoms with Crippen LogP contribution in [0.1, 0.15) is 16.1 Å². The van der Waals surface area contributed by atoms with Crippen molar-refractivity contribution >= 4 is 44.5 Å². The zero-order valence-electron chi connectivity index (χ0n) is 7.89. The van der Waals surface area contributed by atoms with Crippen molar-refractivity contribution in [3.05, 3.63) is 21.0 Å². The number of alkyl halides is 4. The molecule has 0 aliphatic rings. The van der Waals surface area contributed by atoms with Crippen LogP contribution in [0.3, 0.4) is 0 Å². The lowest BCUT2D eigenvalue weighted by atomic mass is 10.2. The fraction of sp³-hybridized carbons (Fsp3) is 0.250. The molecule has 0 spiro atoms. The van der Waals surface area contributed by atoms with Crippen molar-refractivity contribution in [3.63, 3.8) is 0 Å². The molecular formula is C8H4BrF3INO3. The molecule has 1 heterocycles. The van der Waals surface area contributed by atoms with Gasteiger partial charge in [0.05, 0.1) is 9.26 Å². The highest BCUT2D eigenvalue weighted by Gasteiger charge is 2.35. The molecule has 0 saturated carbocycles. The van der Waals surface area contributed by atoms with Gasteiger partial charge < -0.3 is 9.84 Å². The second kappa shape index (κ2) is 5.38. The fourth-order valence-electron chi connectivity index (χ4n) is 1.05. The summed E-state index contributed by atoms with van der Waals surface area (Å²) in [5.74, 6) is -2.26. The van der Waals surface area contributed by atoms with Gasteiger partial charge in [-0.25, -0.2) is 4.79 Å². The van der Waals surface area contributed by atoms with Crippen LogP contribution in [0.2, 0.25) is 0 Å². The predicted molar refractivity (Wildman–Crippen MR) is 63.2 cm³/mol. The molecule has 9 heteroatoms. The normalized spacial score (nSPS) is 11.4. The van der Waals surface area contributed by atoms with Gasteiger partial charge in [0.25, 0.3) is 0 Å². The van der Waals surface area contributed by atoms with E-state index in [0.29, 0.717) is 0 Å². The Morgan fingerprint density at radius 3 is 2.59 bits per heavy atom. The molecule has 1 N–H and O–H groups in total. The first kappa shape index (κ1) is 14.5. The minimum Gasteiger partial charge on any atom is -0.477 e. The lowest BCUT2D eigenvalue weighted by molar-refractivity contribution is -0.275. The standard InChI is InChI=1S/C8H4BrF3INO3/c9-1-4-5(7(15)16)6(3(13)2-14-4)17-8(10,11)12/h2H,1H2,(H,15,16). The number of pyridine rings is 1. The summed E-state index contributed by atoms with van der Waals surface area (Å²) in [5, 5.41) is 8.90. The van der Waals surface area contributed by atoms with Gasteiger partial charge >= 0.3 is 12.3 Å². The van der Waals surface area contributed by atoms with E-state index >= 15 is 0 Å². The Morgan fingerprint density at radius 2 is 2.18 bits per heavy atom. The van der Waals surface area contributed by atoms with Crippen LogP contribution in [0.15, 0.2) is 6.20 Å². The van der Waals surface area contributed by atoms with Crippen molar-refractivity contribution in [1.29, 1.82) is 0 Å². The molecule has 0 aliphatic carbocycles. The van der Waals surface area contributed by atoms with Gasteiger partial charge in [-0.1, -0.05) is 15.9 Å². The summed E-state index contributed by atoms with van der Waals surface area (Å²) in [6.07, 6.45) is -3.83. The minimum absolute atomic E-state index is 0.0137. The van der Waals surface area contributed by atoms with Crippen LogP contribution in [0.4, 0.5) is 13.2 Å². The molecule has 1 aromatic heterocycles. The number of hydrogen-bond acceptors (Lipinski definition) is 3. The lowest BCUT2D eigenvalue weighted by Crippen LogP contribution is -2.21. The van der Waals surface area contributed by atoms with Crippen LogP contribution in [0, 0.1) is 3.57 Å². The highest BCUT2D eigenvalue weighted by molar-refractivity contribution is 14.1. The quantitative estimate of drug-likeness (QED) is 0.597. The van der Waals surface area contributed by atoms with Gasteiger partial charge in [-0.05, 0) is 22.6 Å². The zero-order chi connectivity index (χ0) is 13.2. The van der Waals surface area contributed by atoms with Gasteiger partial charge in [-0.3, -0.25) is 4.98 Å². The van der Waals surface area contributed by atoms with Gasteiger partial charge in [0, 0.05) is 11.5 Å². The molecule has 17 heavy (non-hydrogen) atoms. The average molecular weight is 426 g/mol. The van der Waals surface area contributed by atoms with Crippen LogP contribution < -0.4 is 4.74 Å². The number of aromatic carboxylic acids is 1. The molecule has 4 nitrogen and oxygen atoms in total. The molecule has 94 valence electrons. The molecule has 0 bridgehead atoms. The van der Waals surface area contributed by atoms with Crippen molar-refractivity contribution in [1.82, 2.24) is 4.98 Å². The zero-order valence-corrected chi connectivity index (χ0v) is 11.6. The number of carboxylic acid groups (broad SMARTS) is 1. The third kappa shape index (κ3) is 3.69. The van der Waals surface area contributed by atoms with E-state index in [1.165, 1.54) is 22.6 Å². The summed E-state index contributed by atoms with van der Waals surface area (Å²) in [4.78, 5) is 14.7. The third-order valence-corrected chi connectivity index (χ3v) is 2.92. The molecule has 0 aromatic carbocycles.